The highest BCUT2D eigenvalue weighted by atomic mass is 35.5. The Kier molecular flexibility index (Phi) is 3.96. The second-order valence-electron chi connectivity index (χ2n) is 4.18. The molecule has 0 aliphatic carbocycles. The molecule has 0 aliphatic heterocycles. The molecule has 0 saturated heterocycles. The highest BCUT2D eigenvalue weighted by molar-refractivity contribution is 7.90. The molecule has 106 valence electrons. The van der Waals surface area contributed by atoms with Gasteiger partial charge in [0.2, 0.25) is 0 Å². The topological polar surface area (TPSA) is 60.2 Å². The summed E-state index contributed by atoms with van der Waals surface area (Å²) in [6.07, 6.45) is 0. The van der Waals surface area contributed by atoms with Crippen molar-refractivity contribution in [1.29, 1.82) is 0 Å². The Bertz CT molecular complexity index is 763. The zero-order valence-corrected chi connectivity index (χ0v) is 11.7. The van der Waals surface area contributed by atoms with Gasteiger partial charge in [0.15, 0.2) is 9.84 Å². The normalized spacial score (nSPS) is 11.6. The van der Waals surface area contributed by atoms with Crippen LogP contribution >= 0.6 is 11.6 Å². The Morgan fingerprint density at radius 3 is 2.40 bits per heavy atom. The smallest absolute Gasteiger partial charge is 0.185 e. The Morgan fingerprint density at radius 1 is 1.10 bits per heavy atom. The van der Waals surface area contributed by atoms with E-state index in [0.29, 0.717) is 0 Å². The van der Waals surface area contributed by atoms with Crippen LogP contribution in [0, 0.1) is 11.6 Å². The molecule has 2 aromatic rings. The lowest BCUT2D eigenvalue weighted by Gasteiger charge is -2.08. The maximum atomic E-state index is 13.7. The molecule has 0 aliphatic rings. The molecular formula is C13H10ClF2NO2S. The van der Waals surface area contributed by atoms with Crippen LogP contribution < -0.4 is 5.73 Å². The molecule has 0 radical (unpaired) electrons. The molecule has 0 amide bonds. The summed E-state index contributed by atoms with van der Waals surface area (Å²) in [7, 11) is -3.93. The van der Waals surface area contributed by atoms with E-state index in [1.807, 2.05) is 0 Å². The van der Waals surface area contributed by atoms with Gasteiger partial charge in [-0.15, -0.1) is 0 Å². The van der Waals surface area contributed by atoms with Gasteiger partial charge in [0.1, 0.15) is 16.5 Å². The minimum atomic E-state index is -3.93. The first-order valence-electron chi connectivity index (χ1n) is 5.51. The molecule has 0 bridgehead atoms. The number of nitrogens with two attached hydrogens (primary N) is 1. The Hall–Kier alpha value is -1.66. The van der Waals surface area contributed by atoms with E-state index < -0.39 is 32.1 Å². The van der Waals surface area contributed by atoms with Gasteiger partial charge >= 0.3 is 0 Å². The van der Waals surface area contributed by atoms with E-state index in [-0.39, 0.29) is 16.3 Å². The summed E-state index contributed by atoms with van der Waals surface area (Å²) in [5.41, 5.74) is 5.69. The average molecular weight is 318 g/mol. The standard InChI is InChI=1S/C13H10ClF2NO2S/c14-11-5-9(15)2-1-8(11)7-20(18,19)13-4-3-10(17)6-12(13)16/h1-6H,7,17H2. The Balaban J connectivity index is 2.41. The number of sulfone groups is 1. The van der Waals surface area contributed by atoms with Gasteiger partial charge in [-0.1, -0.05) is 17.7 Å². The highest BCUT2D eigenvalue weighted by Crippen LogP contribution is 2.25. The lowest BCUT2D eigenvalue weighted by Crippen LogP contribution is -2.08. The van der Waals surface area contributed by atoms with Gasteiger partial charge < -0.3 is 5.73 Å². The Morgan fingerprint density at radius 2 is 1.80 bits per heavy atom. The fraction of sp³-hybridized carbons (Fsp3) is 0.0769. The minimum absolute atomic E-state index is 0.0237. The number of hydrogen-bond acceptors (Lipinski definition) is 3. The maximum Gasteiger partial charge on any atom is 0.185 e. The largest absolute Gasteiger partial charge is 0.399 e. The summed E-state index contributed by atoms with van der Waals surface area (Å²) in [6.45, 7) is 0. The van der Waals surface area contributed by atoms with Crippen molar-refractivity contribution < 1.29 is 17.2 Å². The monoisotopic (exact) mass is 317 g/mol. The molecule has 2 rings (SSSR count). The third-order valence-corrected chi connectivity index (χ3v) is 4.70. The van der Waals surface area contributed by atoms with Gasteiger partial charge in [-0.2, -0.15) is 0 Å². The molecule has 2 aromatic carbocycles. The van der Waals surface area contributed by atoms with Crippen molar-refractivity contribution in [3.05, 3.63) is 58.6 Å². The van der Waals surface area contributed by atoms with E-state index in [1.54, 1.807) is 0 Å². The molecule has 3 nitrogen and oxygen atoms in total. The molecule has 0 unspecified atom stereocenters. The molecule has 7 heteroatoms. The van der Waals surface area contributed by atoms with Gasteiger partial charge in [-0.05, 0) is 35.9 Å². The lowest BCUT2D eigenvalue weighted by molar-refractivity contribution is 0.566. The van der Waals surface area contributed by atoms with E-state index in [9.17, 15) is 17.2 Å². The van der Waals surface area contributed by atoms with E-state index in [1.165, 1.54) is 12.1 Å². The average Bonchev–Trinajstić information content (AvgIpc) is 2.32. The number of anilines is 1. The van der Waals surface area contributed by atoms with Crippen LogP contribution in [0.5, 0.6) is 0 Å². The van der Waals surface area contributed by atoms with Crippen LogP contribution in [-0.2, 0) is 15.6 Å². The molecule has 0 atom stereocenters. The van der Waals surface area contributed by atoms with Crippen molar-refractivity contribution in [2.45, 2.75) is 10.6 Å². The molecular weight excluding hydrogens is 308 g/mol. The van der Waals surface area contributed by atoms with Crippen LogP contribution in [0.2, 0.25) is 5.02 Å². The summed E-state index contributed by atoms with van der Waals surface area (Å²) in [4.78, 5) is -0.466. The third kappa shape index (κ3) is 3.08. The molecule has 0 saturated carbocycles. The van der Waals surface area contributed by atoms with Crippen LogP contribution in [0.4, 0.5) is 14.5 Å². The van der Waals surface area contributed by atoms with Crippen LogP contribution in [0.25, 0.3) is 0 Å². The van der Waals surface area contributed by atoms with Gasteiger partial charge in [-0.25, -0.2) is 17.2 Å². The van der Waals surface area contributed by atoms with Crippen molar-refractivity contribution >= 4 is 27.1 Å². The van der Waals surface area contributed by atoms with Crippen molar-refractivity contribution in [3.8, 4) is 0 Å². The first-order chi connectivity index (χ1) is 9.29. The quantitative estimate of drug-likeness (QED) is 0.884. The second kappa shape index (κ2) is 5.38. The number of hydrogen-bond donors (Lipinski definition) is 1. The first kappa shape index (κ1) is 14.7. The summed E-state index contributed by atoms with van der Waals surface area (Å²) >= 11 is 5.77. The van der Waals surface area contributed by atoms with Crippen LogP contribution in [0.1, 0.15) is 5.56 Å². The van der Waals surface area contributed by atoms with E-state index >= 15 is 0 Å². The lowest BCUT2D eigenvalue weighted by atomic mass is 10.2. The molecule has 0 heterocycles. The van der Waals surface area contributed by atoms with Gasteiger partial charge in [-0.3, -0.25) is 0 Å². The number of halogens is 3. The zero-order valence-electron chi connectivity index (χ0n) is 10.1. The van der Waals surface area contributed by atoms with Crippen molar-refractivity contribution in [3.63, 3.8) is 0 Å². The SMILES string of the molecule is Nc1ccc(S(=O)(=O)Cc2ccc(F)cc2Cl)c(F)c1. The Labute approximate surface area is 119 Å². The van der Waals surface area contributed by atoms with E-state index in [2.05, 4.69) is 0 Å². The maximum absolute atomic E-state index is 13.7. The van der Waals surface area contributed by atoms with Gasteiger partial charge in [0.25, 0.3) is 0 Å². The molecule has 2 N–H and O–H groups in total. The number of nitrogen functional groups attached to an aromatic ring is 1. The molecule has 0 spiro atoms. The van der Waals surface area contributed by atoms with Crippen molar-refractivity contribution in [2.24, 2.45) is 0 Å². The molecule has 20 heavy (non-hydrogen) atoms. The molecule has 0 fully saturated rings. The van der Waals surface area contributed by atoms with Crippen LogP contribution in [0.15, 0.2) is 41.3 Å². The van der Waals surface area contributed by atoms with E-state index in [4.69, 9.17) is 17.3 Å². The fourth-order valence-electron chi connectivity index (χ4n) is 1.69. The van der Waals surface area contributed by atoms with Crippen LogP contribution in [-0.4, -0.2) is 8.42 Å². The number of benzene rings is 2. The number of rotatable bonds is 3. The molecule has 0 aromatic heterocycles. The predicted molar refractivity (Wildman–Crippen MR) is 73.1 cm³/mol. The van der Waals surface area contributed by atoms with E-state index in [0.717, 1.165) is 24.3 Å². The van der Waals surface area contributed by atoms with Gasteiger partial charge in [0.05, 0.1) is 5.75 Å². The highest BCUT2D eigenvalue weighted by Gasteiger charge is 2.21. The minimum Gasteiger partial charge on any atom is -0.399 e. The third-order valence-electron chi connectivity index (χ3n) is 2.65. The van der Waals surface area contributed by atoms with Crippen molar-refractivity contribution in [1.82, 2.24) is 0 Å². The van der Waals surface area contributed by atoms with Crippen LogP contribution in [0.3, 0.4) is 0 Å². The van der Waals surface area contributed by atoms with Gasteiger partial charge in [0, 0.05) is 10.7 Å². The zero-order chi connectivity index (χ0) is 14.9. The summed E-state index contributed by atoms with van der Waals surface area (Å²) in [6, 6.07) is 6.67. The second-order valence-corrected chi connectivity index (χ2v) is 6.55. The summed E-state index contributed by atoms with van der Waals surface area (Å²) < 4.78 is 50.8. The summed E-state index contributed by atoms with van der Waals surface area (Å²) in [5.74, 6) is -2.02. The predicted octanol–water partition coefficient (Wildman–Crippen LogP) is 3.17. The fourth-order valence-corrected chi connectivity index (χ4v) is 3.45. The first-order valence-corrected chi connectivity index (χ1v) is 7.54. The summed E-state index contributed by atoms with van der Waals surface area (Å²) in [5, 5.41) is -0.0237. The van der Waals surface area contributed by atoms with Crippen molar-refractivity contribution in [2.75, 3.05) is 5.73 Å².